The molecule has 0 saturated heterocycles. The lowest BCUT2D eigenvalue weighted by Crippen LogP contribution is -1.99. The predicted octanol–water partition coefficient (Wildman–Crippen LogP) is 2.47. The van der Waals surface area contributed by atoms with Crippen LogP contribution in [0.25, 0.3) is 11.3 Å². The van der Waals surface area contributed by atoms with Gasteiger partial charge in [0.15, 0.2) is 11.5 Å². The van der Waals surface area contributed by atoms with Crippen molar-refractivity contribution in [1.82, 2.24) is 9.55 Å². The maximum atomic E-state index is 5.81. The Hall–Kier alpha value is -1.69. The van der Waals surface area contributed by atoms with Crippen molar-refractivity contribution in [2.75, 3.05) is 12.5 Å². The van der Waals surface area contributed by atoms with Crippen LogP contribution in [0.15, 0.2) is 16.7 Å². The standard InChI is InChI=1S/C12H12BrN3O2/c1-6-3-8-9(18-5-17-8)4-7(6)10-11(13)15-12(14)16(10)2/h3-4H,5H2,1-2H3,(H2,14,15). The first-order valence-corrected chi connectivity index (χ1v) is 6.25. The number of fused-ring (bicyclic) bond motifs is 1. The molecule has 0 unspecified atom stereocenters. The van der Waals surface area contributed by atoms with Crippen LogP contribution in [0.3, 0.4) is 0 Å². The van der Waals surface area contributed by atoms with E-state index in [1.165, 1.54) is 0 Å². The number of anilines is 1. The molecule has 6 heteroatoms. The van der Waals surface area contributed by atoms with Crippen LogP contribution in [-0.2, 0) is 7.05 Å². The second kappa shape index (κ2) is 3.91. The van der Waals surface area contributed by atoms with E-state index in [4.69, 9.17) is 15.2 Å². The third-order valence-corrected chi connectivity index (χ3v) is 3.61. The van der Waals surface area contributed by atoms with Gasteiger partial charge in [0.1, 0.15) is 4.60 Å². The lowest BCUT2D eigenvalue weighted by Gasteiger charge is -2.09. The molecule has 0 aliphatic carbocycles. The van der Waals surface area contributed by atoms with E-state index in [1.54, 1.807) is 0 Å². The minimum Gasteiger partial charge on any atom is -0.454 e. The Kier molecular flexibility index (Phi) is 2.48. The molecule has 2 heterocycles. The quantitative estimate of drug-likeness (QED) is 0.879. The van der Waals surface area contributed by atoms with E-state index >= 15 is 0 Å². The number of imidazole rings is 1. The molecule has 94 valence electrons. The van der Waals surface area contributed by atoms with Gasteiger partial charge >= 0.3 is 0 Å². The summed E-state index contributed by atoms with van der Waals surface area (Å²) in [6, 6.07) is 3.92. The summed E-state index contributed by atoms with van der Waals surface area (Å²) < 4.78 is 13.3. The molecule has 0 amide bonds. The second-order valence-electron chi connectivity index (χ2n) is 4.19. The molecule has 3 rings (SSSR count). The largest absolute Gasteiger partial charge is 0.454 e. The Morgan fingerprint density at radius 3 is 2.61 bits per heavy atom. The zero-order valence-corrected chi connectivity index (χ0v) is 11.6. The molecule has 18 heavy (non-hydrogen) atoms. The first kappa shape index (κ1) is 11.4. The Balaban J connectivity index is 2.23. The first-order valence-electron chi connectivity index (χ1n) is 5.46. The number of hydrogen-bond donors (Lipinski definition) is 1. The highest BCUT2D eigenvalue weighted by Gasteiger charge is 2.20. The monoisotopic (exact) mass is 309 g/mol. The van der Waals surface area contributed by atoms with Crippen LogP contribution in [0.5, 0.6) is 11.5 Å². The molecular formula is C12H12BrN3O2. The number of nitrogens with zero attached hydrogens (tertiary/aromatic N) is 2. The van der Waals surface area contributed by atoms with Crippen molar-refractivity contribution in [3.63, 3.8) is 0 Å². The summed E-state index contributed by atoms with van der Waals surface area (Å²) in [5.41, 5.74) is 8.85. The zero-order chi connectivity index (χ0) is 12.9. The molecule has 0 radical (unpaired) electrons. The highest BCUT2D eigenvalue weighted by molar-refractivity contribution is 9.10. The number of aromatic nitrogens is 2. The average Bonchev–Trinajstić information content (AvgIpc) is 2.84. The Morgan fingerprint density at radius 1 is 1.33 bits per heavy atom. The van der Waals surface area contributed by atoms with E-state index in [0.717, 1.165) is 32.9 Å². The maximum absolute atomic E-state index is 5.81. The third-order valence-electron chi connectivity index (χ3n) is 3.06. The Morgan fingerprint density at radius 2 is 2.00 bits per heavy atom. The fourth-order valence-corrected chi connectivity index (χ4v) is 2.73. The predicted molar refractivity (Wildman–Crippen MR) is 71.6 cm³/mol. The minimum absolute atomic E-state index is 0.271. The van der Waals surface area contributed by atoms with Crippen LogP contribution in [0.2, 0.25) is 0 Å². The highest BCUT2D eigenvalue weighted by atomic mass is 79.9. The van der Waals surface area contributed by atoms with Crippen molar-refractivity contribution >= 4 is 21.9 Å². The molecule has 1 aliphatic rings. The normalized spacial score (nSPS) is 13.1. The van der Waals surface area contributed by atoms with Crippen LogP contribution >= 0.6 is 15.9 Å². The van der Waals surface area contributed by atoms with Crippen LogP contribution in [-0.4, -0.2) is 16.3 Å². The van der Waals surface area contributed by atoms with E-state index in [9.17, 15) is 0 Å². The molecule has 1 aromatic carbocycles. The lowest BCUT2D eigenvalue weighted by molar-refractivity contribution is 0.174. The molecule has 0 bridgehead atoms. The van der Waals surface area contributed by atoms with Gasteiger partial charge in [0.25, 0.3) is 0 Å². The fraction of sp³-hybridized carbons (Fsp3) is 0.250. The van der Waals surface area contributed by atoms with Gasteiger partial charge in [-0.15, -0.1) is 0 Å². The summed E-state index contributed by atoms with van der Waals surface area (Å²) in [6.07, 6.45) is 0. The number of halogens is 1. The number of nitrogens with two attached hydrogens (primary N) is 1. The smallest absolute Gasteiger partial charge is 0.231 e. The molecule has 1 aromatic heterocycles. The summed E-state index contributed by atoms with van der Waals surface area (Å²) in [7, 11) is 1.88. The number of rotatable bonds is 1. The Labute approximate surface area is 113 Å². The highest BCUT2D eigenvalue weighted by Crippen LogP contribution is 2.40. The van der Waals surface area contributed by atoms with Gasteiger partial charge in [0, 0.05) is 12.6 Å². The summed E-state index contributed by atoms with van der Waals surface area (Å²) in [6.45, 7) is 2.29. The van der Waals surface area contributed by atoms with Gasteiger partial charge in [-0.3, -0.25) is 0 Å². The molecule has 2 aromatic rings. The number of benzene rings is 1. The molecule has 0 saturated carbocycles. The van der Waals surface area contributed by atoms with Crippen LogP contribution < -0.4 is 15.2 Å². The molecular weight excluding hydrogens is 298 g/mol. The molecule has 0 spiro atoms. The van der Waals surface area contributed by atoms with Gasteiger partial charge in [-0.05, 0) is 40.5 Å². The summed E-state index contributed by atoms with van der Waals surface area (Å²) >= 11 is 3.44. The van der Waals surface area contributed by atoms with Gasteiger partial charge in [0.05, 0.1) is 5.69 Å². The SMILES string of the molecule is Cc1cc2c(cc1-c1c(Br)nc(N)n1C)OCO2. The van der Waals surface area contributed by atoms with Crippen molar-refractivity contribution in [2.45, 2.75) is 6.92 Å². The molecule has 0 fully saturated rings. The van der Waals surface area contributed by atoms with Gasteiger partial charge in [0.2, 0.25) is 12.7 Å². The number of hydrogen-bond acceptors (Lipinski definition) is 4. The van der Waals surface area contributed by atoms with Crippen molar-refractivity contribution in [1.29, 1.82) is 0 Å². The number of ether oxygens (including phenoxy) is 2. The molecule has 5 nitrogen and oxygen atoms in total. The summed E-state index contributed by atoms with van der Waals surface area (Å²) in [5.74, 6) is 2.00. The maximum Gasteiger partial charge on any atom is 0.231 e. The van der Waals surface area contributed by atoms with Crippen molar-refractivity contribution in [2.24, 2.45) is 7.05 Å². The zero-order valence-electron chi connectivity index (χ0n) is 10.0. The van der Waals surface area contributed by atoms with Crippen molar-refractivity contribution in [3.8, 4) is 22.8 Å². The first-order chi connectivity index (χ1) is 8.58. The second-order valence-corrected chi connectivity index (χ2v) is 4.94. The van der Waals surface area contributed by atoms with E-state index in [2.05, 4.69) is 20.9 Å². The van der Waals surface area contributed by atoms with E-state index in [0.29, 0.717) is 5.95 Å². The van der Waals surface area contributed by atoms with E-state index in [1.807, 2.05) is 30.7 Å². The van der Waals surface area contributed by atoms with Gasteiger partial charge in [-0.25, -0.2) is 4.98 Å². The fourth-order valence-electron chi connectivity index (χ4n) is 2.07. The van der Waals surface area contributed by atoms with Gasteiger partial charge in [-0.2, -0.15) is 0 Å². The van der Waals surface area contributed by atoms with Crippen LogP contribution in [0.4, 0.5) is 5.95 Å². The molecule has 0 atom stereocenters. The summed E-state index contributed by atoms with van der Waals surface area (Å²) in [4.78, 5) is 4.21. The van der Waals surface area contributed by atoms with Crippen molar-refractivity contribution < 1.29 is 9.47 Å². The van der Waals surface area contributed by atoms with E-state index < -0.39 is 0 Å². The lowest BCUT2D eigenvalue weighted by atomic mass is 10.1. The third kappa shape index (κ3) is 1.56. The van der Waals surface area contributed by atoms with E-state index in [-0.39, 0.29) is 6.79 Å². The summed E-state index contributed by atoms with van der Waals surface area (Å²) in [5, 5.41) is 0. The Bertz CT molecular complexity index is 637. The minimum atomic E-state index is 0.271. The van der Waals surface area contributed by atoms with Crippen LogP contribution in [0.1, 0.15) is 5.56 Å². The molecule has 1 aliphatic heterocycles. The number of nitrogen functional groups attached to an aromatic ring is 1. The average molecular weight is 310 g/mol. The van der Waals surface area contributed by atoms with Gasteiger partial charge in [-0.1, -0.05) is 0 Å². The topological polar surface area (TPSA) is 62.3 Å². The van der Waals surface area contributed by atoms with Crippen LogP contribution in [0, 0.1) is 6.92 Å². The van der Waals surface area contributed by atoms with Gasteiger partial charge < -0.3 is 19.8 Å². The number of aryl methyl sites for hydroxylation is 1. The molecule has 2 N–H and O–H groups in total. The van der Waals surface area contributed by atoms with Crippen molar-refractivity contribution in [3.05, 3.63) is 22.3 Å².